The molecule has 0 unspecified atom stereocenters. The van der Waals surface area contributed by atoms with Crippen LogP contribution in [0.15, 0.2) is 36.4 Å². The maximum atomic E-state index is 5.65. The van der Waals surface area contributed by atoms with Gasteiger partial charge >= 0.3 is 0 Å². The van der Waals surface area contributed by atoms with E-state index >= 15 is 0 Å². The molecule has 3 nitrogen and oxygen atoms in total. The lowest BCUT2D eigenvalue weighted by Gasteiger charge is -2.15. The lowest BCUT2D eigenvalue weighted by molar-refractivity contribution is 0.424. The molecule has 4 heteroatoms. The van der Waals surface area contributed by atoms with E-state index in [0.717, 1.165) is 33.2 Å². The first kappa shape index (κ1) is 13.4. The van der Waals surface area contributed by atoms with Gasteiger partial charge in [-0.2, -0.15) is 0 Å². The molecule has 3 aromatic rings. The third-order valence-electron chi connectivity index (χ3n) is 3.39. The van der Waals surface area contributed by atoms with Crippen molar-refractivity contribution in [2.45, 2.75) is 0 Å². The van der Waals surface area contributed by atoms with E-state index < -0.39 is 0 Å². The summed E-state index contributed by atoms with van der Waals surface area (Å²) in [6.45, 7) is 0. The molecule has 1 aromatic heterocycles. The minimum atomic E-state index is 0.894. The predicted octanol–water partition coefficient (Wildman–Crippen LogP) is 4.07. The number of nitrogens with zero attached hydrogens (tertiary/aromatic N) is 2. The van der Waals surface area contributed by atoms with E-state index in [4.69, 9.17) is 9.72 Å². The summed E-state index contributed by atoms with van der Waals surface area (Å²) in [7, 11) is 5.78. The molecular formula is C16H15IN2O. The van der Waals surface area contributed by atoms with E-state index in [-0.39, 0.29) is 0 Å². The molecule has 0 bridgehead atoms. The van der Waals surface area contributed by atoms with Crippen molar-refractivity contribution in [2.75, 3.05) is 26.1 Å². The van der Waals surface area contributed by atoms with Crippen LogP contribution in [0.2, 0.25) is 0 Å². The van der Waals surface area contributed by atoms with Crippen molar-refractivity contribution >= 4 is 50.1 Å². The summed E-state index contributed by atoms with van der Waals surface area (Å²) in [5, 5.41) is 2.10. The van der Waals surface area contributed by atoms with Gasteiger partial charge in [0.2, 0.25) is 0 Å². The van der Waals surface area contributed by atoms with E-state index in [1.165, 1.54) is 3.57 Å². The van der Waals surface area contributed by atoms with Crippen LogP contribution < -0.4 is 9.64 Å². The monoisotopic (exact) mass is 378 g/mol. The fraction of sp³-hybridized carbons (Fsp3) is 0.188. The fourth-order valence-corrected chi connectivity index (χ4v) is 2.84. The molecule has 0 radical (unpaired) electrons. The molecule has 2 aromatic carbocycles. The minimum Gasteiger partial charge on any atom is -0.495 e. The van der Waals surface area contributed by atoms with Crippen molar-refractivity contribution in [2.24, 2.45) is 0 Å². The number of aromatic nitrogens is 1. The molecule has 102 valence electrons. The number of ether oxygens (including phenoxy) is 1. The zero-order valence-corrected chi connectivity index (χ0v) is 13.8. The molecular weight excluding hydrogens is 363 g/mol. The van der Waals surface area contributed by atoms with Crippen LogP contribution >= 0.6 is 22.6 Å². The van der Waals surface area contributed by atoms with Crippen LogP contribution in [0.3, 0.4) is 0 Å². The first-order chi connectivity index (χ1) is 9.60. The van der Waals surface area contributed by atoms with Gasteiger partial charge in [0.15, 0.2) is 0 Å². The quantitative estimate of drug-likeness (QED) is 0.497. The van der Waals surface area contributed by atoms with Crippen molar-refractivity contribution in [1.29, 1.82) is 0 Å². The Balaban J connectivity index is 2.42. The summed E-state index contributed by atoms with van der Waals surface area (Å²) < 4.78 is 6.83. The van der Waals surface area contributed by atoms with Gasteiger partial charge in [0.1, 0.15) is 5.75 Å². The largest absolute Gasteiger partial charge is 0.495 e. The number of methoxy groups -OCH3 is 1. The lowest BCUT2D eigenvalue weighted by atomic mass is 10.1. The Morgan fingerprint density at radius 1 is 1.00 bits per heavy atom. The Labute approximate surface area is 131 Å². The normalized spacial score (nSPS) is 11.0. The molecule has 0 aliphatic heterocycles. The average molecular weight is 378 g/mol. The van der Waals surface area contributed by atoms with Crippen LogP contribution in [0, 0.1) is 3.57 Å². The molecule has 0 saturated heterocycles. The van der Waals surface area contributed by atoms with E-state index in [1.807, 2.05) is 20.2 Å². The number of hydrogen-bond acceptors (Lipinski definition) is 3. The van der Waals surface area contributed by atoms with Crippen molar-refractivity contribution in [3.05, 3.63) is 40.0 Å². The molecule has 0 aliphatic rings. The van der Waals surface area contributed by atoms with E-state index in [9.17, 15) is 0 Å². The van der Waals surface area contributed by atoms with Gasteiger partial charge in [0, 0.05) is 34.1 Å². The number of fused-ring (bicyclic) bond motifs is 2. The van der Waals surface area contributed by atoms with Crippen molar-refractivity contribution in [3.8, 4) is 5.75 Å². The summed E-state index contributed by atoms with van der Waals surface area (Å²) in [4.78, 5) is 6.82. The van der Waals surface area contributed by atoms with Crippen molar-refractivity contribution in [3.63, 3.8) is 0 Å². The zero-order valence-electron chi connectivity index (χ0n) is 11.6. The smallest absolute Gasteiger partial charge is 0.137 e. The van der Waals surface area contributed by atoms with Gasteiger partial charge in [-0.25, -0.2) is 4.98 Å². The predicted molar refractivity (Wildman–Crippen MR) is 92.8 cm³/mol. The van der Waals surface area contributed by atoms with Crippen LogP contribution in [0.25, 0.3) is 21.8 Å². The minimum absolute atomic E-state index is 0.894. The number of hydrogen-bond donors (Lipinski definition) is 0. The molecule has 0 spiro atoms. The first-order valence-corrected chi connectivity index (χ1v) is 7.42. The number of rotatable bonds is 2. The Bertz CT molecular complexity index is 799. The number of pyridine rings is 1. The second-order valence-corrected chi connectivity index (χ2v) is 6.15. The van der Waals surface area contributed by atoms with Gasteiger partial charge in [0.05, 0.1) is 18.1 Å². The van der Waals surface area contributed by atoms with E-state index in [1.54, 1.807) is 7.11 Å². The summed E-state index contributed by atoms with van der Waals surface area (Å²) in [5.74, 6) is 0.894. The molecule has 0 N–H and O–H groups in total. The third-order valence-corrected chi connectivity index (χ3v) is 4.06. The molecule has 1 heterocycles. The lowest BCUT2D eigenvalue weighted by Crippen LogP contribution is -2.08. The van der Waals surface area contributed by atoms with Crippen LogP contribution in [-0.2, 0) is 0 Å². The number of anilines is 1. The van der Waals surface area contributed by atoms with Gasteiger partial charge in [0.25, 0.3) is 0 Å². The van der Waals surface area contributed by atoms with Crippen LogP contribution in [0.5, 0.6) is 5.75 Å². The van der Waals surface area contributed by atoms with Gasteiger partial charge < -0.3 is 9.64 Å². The summed E-state index contributed by atoms with van der Waals surface area (Å²) in [5.41, 5.74) is 3.07. The van der Waals surface area contributed by atoms with Gasteiger partial charge in [-0.3, -0.25) is 0 Å². The van der Waals surface area contributed by atoms with E-state index in [2.05, 4.69) is 57.8 Å². The maximum Gasteiger partial charge on any atom is 0.137 e. The highest BCUT2D eigenvalue weighted by molar-refractivity contribution is 14.1. The number of benzene rings is 2. The average Bonchev–Trinajstić information content (AvgIpc) is 2.43. The zero-order chi connectivity index (χ0) is 14.3. The van der Waals surface area contributed by atoms with Gasteiger partial charge in [-0.1, -0.05) is 0 Å². The second-order valence-electron chi connectivity index (χ2n) is 4.90. The first-order valence-electron chi connectivity index (χ1n) is 6.34. The second kappa shape index (κ2) is 5.09. The standard InChI is InChI=1S/C16H15IN2O/c1-19(2)11-5-7-14-13(9-11)16(20-3)12-6-4-10(17)8-15(12)18-14/h4-9H,1-3H3. The van der Waals surface area contributed by atoms with Crippen LogP contribution in [-0.4, -0.2) is 26.2 Å². The maximum absolute atomic E-state index is 5.65. The highest BCUT2D eigenvalue weighted by Crippen LogP contribution is 2.35. The Morgan fingerprint density at radius 3 is 2.50 bits per heavy atom. The highest BCUT2D eigenvalue weighted by Gasteiger charge is 2.11. The molecule has 0 amide bonds. The Morgan fingerprint density at radius 2 is 1.80 bits per heavy atom. The number of halogens is 1. The van der Waals surface area contributed by atoms with Gasteiger partial charge in [-0.05, 0) is 59.0 Å². The molecule has 0 aliphatic carbocycles. The molecule has 3 rings (SSSR count). The van der Waals surface area contributed by atoms with Crippen LogP contribution in [0.4, 0.5) is 5.69 Å². The summed E-state index contributed by atoms with van der Waals surface area (Å²) in [6, 6.07) is 12.5. The summed E-state index contributed by atoms with van der Waals surface area (Å²) >= 11 is 2.30. The third kappa shape index (κ3) is 2.18. The molecule has 0 atom stereocenters. The van der Waals surface area contributed by atoms with Crippen molar-refractivity contribution in [1.82, 2.24) is 4.98 Å². The Kier molecular flexibility index (Phi) is 3.41. The molecule has 20 heavy (non-hydrogen) atoms. The molecule has 0 fully saturated rings. The SMILES string of the molecule is COc1c2ccc(I)cc2nc2ccc(N(C)C)cc12. The van der Waals surface area contributed by atoms with Crippen LogP contribution in [0.1, 0.15) is 0 Å². The Hall–Kier alpha value is -1.56. The van der Waals surface area contributed by atoms with Crippen molar-refractivity contribution < 1.29 is 4.74 Å². The highest BCUT2D eigenvalue weighted by atomic mass is 127. The fourth-order valence-electron chi connectivity index (χ4n) is 2.37. The summed E-state index contributed by atoms with van der Waals surface area (Å²) in [6.07, 6.45) is 0. The van der Waals surface area contributed by atoms with Gasteiger partial charge in [-0.15, -0.1) is 0 Å². The molecule has 0 saturated carbocycles. The van der Waals surface area contributed by atoms with E-state index in [0.29, 0.717) is 0 Å². The topological polar surface area (TPSA) is 25.4 Å².